The van der Waals surface area contributed by atoms with Gasteiger partial charge in [-0.1, -0.05) is 60.7 Å². The second-order valence-corrected chi connectivity index (χ2v) is 8.00. The highest BCUT2D eigenvalue weighted by atomic mass is 16.5. The number of fused-ring (bicyclic) bond motifs is 1. The SMILES string of the molecule is CC1CN(Cc2ccccc2NC(=O)/C=C/c2cccc3ccccc23)CC(C)O1. The van der Waals surface area contributed by atoms with Crippen molar-refractivity contribution in [1.29, 1.82) is 0 Å². The first-order chi connectivity index (χ1) is 14.6. The molecule has 0 saturated carbocycles. The number of nitrogens with zero attached hydrogens (tertiary/aromatic N) is 1. The van der Waals surface area contributed by atoms with Crippen molar-refractivity contribution in [2.24, 2.45) is 0 Å². The highest BCUT2D eigenvalue weighted by Gasteiger charge is 2.22. The van der Waals surface area contributed by atoms with E-state index in [9.17, 15) is 4.79 Å². The standard InChI is InChI=1S/C26H28N2O2/c1-19-16-28(17-20(2)30-19)18-23-9-4-6-13-25(23)27-26(29)15-14-22-11-7-10-21-8-3-5-12-24(21)22/h3-15,19-20H,16-18H2,1-2H3,(H,27,29)/b15-14+. The van der Waals surface area contributed by atoms with Crippen LogP contribution >= 0.6 is 0 Å². The molecule has 0 spiro atoms. The molecule has 2 unspecified atom stereocenters. The maximum absolute atomic E-state index is 12.6. The first kappa shape index (κ1) is 20.3. The molecule has 4 heteroatoms. The number of nitrogens with one attached hydrogen (secondary N) is 1. The minimum atomic E-state index is -0.126. The summed E-state index contributed by atoms with van der Waals surface area (Å²) in [6.07, 6.45) is 3.93. The molecule has 1 heterocycles. The first-order valence-electron chi connectivity index (χ1n) is 10.5. The van der Waals surface area contributed by atoms with E-state index in [1.807, 2.05) is 48.5 Å². The van der Waals surface area contributed by atoms with E-state index in [1.54, 1.807) is 6.08 Å². The molecular formula is C26H28N2O2. The van der Waals surface area contributed by atoms with Gasteiger partial charge in [0.2, 0.25) is 5.91 Å². The van der Waals surface area contributed by atoms with E-state index in [4.69, 9.17) is 4.74 Å². The third-order valence-corrected chi connectivity index (χ3v) is 5.40. The molecule has 154 valence electrons. The molecule has 0 aliphatic carbocycles. The Morgan fingerprint density at radius 2 is 1.70 bits per heavy atom. The van der Waals surface area contributed by atoms with Crippen molar-refractivity contribution >= 4 is 28.4 Å². The van der Waals surface area contributed by atoms with Crippen molar-refractivity contribution < 1.29 is 9.53 Å². The number of carbonyl (C=O) groups excluding carboxylic acids is 1. The van der Waals surface area contributed by atoms with Crippen molar-refractivity contribution in [3.05, 3.63) is 83.9 Å². The van der Waals surface area contributed by atoms with E-state index in [0.29, 0.717) is 0 Å². The van der Waals surface area contributed by atoms with Gasteiger partial charge in [-0.2, -0.15) is 0 Å². The number of ether oxygens (including phenoxy) is 1. The minimum absolute atomic E-state index is 0.126. The lowest BCUT2D eigenvalue weighted by Gasteiger charge is -2.35. The van der Waals surface area contributed by atoms with Gasteiger partial charge >= 0.3 is 0 Å². The Labute approximate surface area is 178 Å². The van der Waals surface area contributed by atoms with Gasteiger partial charge in [0.1, 0.15) is 0 Å². The predicted molar refractivity (Wildman–Crippen MR) is 123 cm³/mol. The summed E-state index contributed by atoms with van der Waals surface area (Å²) in [6, 6.07) is 22.3. The smallest absolute Gasteiger partial charge is 0.248 e. The molecular weight excluding hydrogens is 372 g/mol. The van der Waals surface area contributed by atoms with Gasteiger partial charge in [0.05, 0.1) is 12.2 Å². The van der Waals surface area contributed by atoms with Crippen LogP contribution in [0.4, 0.5) is 5.69 Å². The van der Waals surface area contributed by atoms with E-state index < -0.39 is 0 Å². The molecule has 1 aliphatic heterocycles. The monoisotopic (exact) mass is 400 g/mol. The van der Waals surface area contributed by atoms with Gasteiger partial charge in [-0.05, 0) is 47.9 Å². The summed E-state index contributed by atoms with van der Waals surface area (Å²) in [5, 5.41) is 5.36. The Kier molecular flexibility index (Phi) is 6.26. The van der Waals surface area contributed by atoms with Gasteiger partial charge in [0.15, 0.2) is 0 Å². The zero-order chi connectivity index (χ0) is 20.9. The van der Waals surface area contributed by atoms with E-state index in [1.165, 1.54) is 5.39 Å². The third-order valence-electron chi connectivity index (χ3n) is 5.40. The number of amides is 1. The van der Waals surface area contributed by atoms with Crippen molar-refractivity contribution in [3.63, 3.8) is 0 Å². The predicted octanol–water partition coefficient (Wildman–Crippen LogP) is 5.10. The molecule has 0 radical (unpaired) electrons. The van der Waals surface area contributed by atoms with E-state index in [2.05, 4.69) is 48.3 Å². The molecule has 4 rings (SSSR count). The molecule has 0 aromatic heterocycles. The molecule has 1 fully saturated rings. The lowest BCUT2D eigenvalue weighted by Crippen LogP contribution is -2.44. The number of para-hydroxylation sites is 1. The maximum atomic E-state index is 12.6. The third kappa shape index (κ3) is 4.96. The average molecular weight is 401 g/mol. The van der Waals surface area contributed by atoms with Gasteiger partial charge in [-0.3, -0.25) is 9.69 Å². The fourth-order valence-electron chi connectivity index (χ4n) is 4.17. The van der Waals surface area contributed by atoms with Gasteiger partial charge in [0.25, 0.3) is 0 Å². The summed E-state index contributed by atoms with van der Waals surface area (Å²) >= 11 is 0. The number of benzene rings is 3. The van der Waals surface area contributed by atoms with Gasteiger partial charge in [0, 0.05) is 31.4 Å². The maximum Gasteiger partial charge on any atom is 0.248 e. The number of rotatable bonds is 5. The first-order valence-corrected chi connectivity index (χ1v) is 10.5. The van der Waals surface area contributed by atoms with Crippen molar-refractivity contribution in [2.75, 3.05) is 18.4 Å². The van der Waals surface area contributed by atoms with Crippen LogP contribution in [-0.2, 0) is 16.1 Å². The van der Waals surface area contributed by atoms with Crippen LogP contribution in [0.5, 0.6) is 0 Å². The molecule has 30 heavy (non-hydrogen) atoms. The summed E-state index contributed by atoms with van der Waals surface area (Å²) in [5.41, 5.74) is 3.01. The van der Waals surface area contributed by atoms with E-state index >= 15 is 0 Å². The Morgan fingerprint density at radius 3 is 2.53 bits per heavy atom. The van der Waals surface area contributed by atoms with Crippen LogP contribution in [0, 0.1) is 0 Å². The number of carbonyl (C=O) groups is 1. The van der Waals surface area contributed by atoms with Crippen LogP contribution in [0.2, 0.25) is 0 Å². The lowest BCUT2D eigenvalue weighted by atomic mass is 10.0. The van der Waals surface area contributed by atoms with Crippen LogP contribution in [0.1, 0.15) is 25.0 Å². The Bertz CT molecular complexity index is 1040. The van der Waals surface area contributed by atoms with Crippen LogP contribution in [-0.4, -0.2) is 36.1 Å². The summed E-state index contributed by atoms with van der Waals surface area (Å²) in [5.74, 6) is -0.126. The van der Waals surface area contributed by atoms with Crippen LogP contribution in [0.15, 0.2) is 72.8 Å². The van der Waals surface area contributed by atoms with Gasteiger partial charge in [-0.25, -0.2) is 0 Å². The average Bonchev–Trinajstić information content (AvgIpc) is 2.73. The topological polar surface area (TPSA) is 41.6 Å². The number of morpholine rings is 1. The molecule has 3 aromatic carbocycles. The fraction of sp³-hybridized carbons (Fsp3) is 0.269. The normalized spacial score (nSPS) is 19.9. The summed E-state index contributed by atoms with van der Waals surface area (Å²) in [4.78, 5) is 15.0. The molecule has 1 aliphatic rings. The zero-order valence-corrected chi connectivity index (χ0v) is 17.5. The van der Waals surface area contributed by atoms with Crippen molar-refractivity contribution in [3.8, 4) is 0 Å². The Hall–Kier alpha value is -2.95. The molecule has 4 nitrogen and oxygen atoms in total. The quantitative estimate of drug-likeness (QED) is 0.606. The molecule has 3 aromatic rings. The fourth-order valence-corrected chi connectivity index (χ4v) is 4.17. The van der Waals surface area contributed by atoms with Crippen molar-refractivity contribution in [2.45, 2.75) is 32.6 Å². The molecule has 2 atom stereocenters. The second kappa shape index (κ2) is 9.24. The summed E-state index contributed by atoms with van der Waals surface area (Å²) in [7, 11) is 0. The molecule has 0 bridgehead atoms. The number of hydrogen-bond acceptors (Lipinski definition) is 3. The number of hydrogen-bond donors (Lipinski definition) is 1. The van der Waals surface area contributed by atoms with Gasteiger partial charge < -0.3 is 10.1 Å². The second-order valence-electron chi connectivity index (χ2n) is 8.00. The van der Waals surface area contributed by atoms with Crippen LogP contribution in [0.3, 0.4) is 0 Å². The summed E-state index contributed by atoms with van der Waals surface area (Å²) in [6.45, 7) is 6.80. The lowest BCUT2D eigenvalue weighted by molar-refractivity contribution is -0.111. The van der Waals surface area contributed by atoms with Crippen LogP contribution in [0.25, 0.3) is 16.8 Å². The highest BCUT2D eigenvalue weighted by Crippen LogP contribution is 2.22. The molecule has 1 saturated heterocycles. The minimum Gasteiger partial charge on any atom is -0.373 e. The molecule has 1 N–H and O–H groups in total. The zero-order valence-electron chi connectivity index (χ0n) is 17.5. The van der Waals surface area contributed by atoms with Crippen molar-refractivity contribution in [1.82, 2.24) is 4.90 Å². The Morgan fingerprint density at radius 1 is 1.00 bits per heavy atom. The highest BCUT2D eigenvalue weighted by molar-refractivity contribution is 6.03. The van der Waals surface area contributed by atoms with E-state index in [-0.39, 0.29) is 18.1 Å². The van der Waals surface area contributed by atoms with Crippen LogP contribution < -0.4 is 5.32 Å². The van der Waals surface area contributed by atoms with E-state index in [0.717, 1.165) is 41.8 Å². The summed E-state index contributed by atoms with van der Waals surface area (Å²) < 4.78 is 5.83. The Balaban J connectivity index is 1.46. The van der Waals surface area contributed by atoms with Gasteiger partial charge in [-0.15, -0.1) is 0 Å². The number of anilines is 1. The molecule has 1 amide bonds. The largest absolute Gasteiger partial charge is 0.373 e.